The lowest BCUT2D eigenvalue weighted by atomic mass is 9.73. The van der Waals surface area contributed by atoms with Gasteiger partial charge in [0.25, 0.3) is 5.56 Å². The molecule has 1 aliphatic heterocycles. The molecule has 2 N–H and O–H groups in total. The van der Waals surface area contributed by atoms with Crippen molar-refractivity contribution in [3.05, 3.63) is 140 Å². The van der Waals surface area contributed by atoms with Crippen molar-refractivity contribution >= 4 is 0 Å². The first-order valence-electron chi connectivity index (χ1n) is 12.4. The molecule has 1 saturated heterocycles. The summed E-state index contributed by atoms with van der Waals surface area (Å²) in [6.07, 6.45) is 2.30. The summed E-state index contributed by atoms with van der Waals surface area (Å²) in [4.78, 5) is 29.8. The van der Waals surface area contributed by atoms with Crippen LogP contribution in [0.25, 0.3) is 0 Å². The summed E-state index contributed by atoms with van der Waals surface area (Å²) in [5.41, 5.74) is 2.41. The van der Waals surface area contributed by atoms with Crippen LogP contribution in [0.15, 0.2) is 107 Å². The molecule has 184 valence electrons. The standard InChI is InChI=1S/C30H31N3O3/c1-22-18-33(29(36)31-28(22)35)27-17-23(21-34)19-32(20-27)30(24-11-5-2-6-12-24,25-13-7-3-8-14-25)26-15-9-4-10-16-26/h2-16,18,23,27,34H,17,19-21H2,1H3,(H,31,35,36). The van der Waals surface area contributed by atoms with E-state index in [2.05, 4.69) is 82.7 Å². The molecule has 2 heterocycles. The number of aromatic nitrogens is 2. The molecule has 0 radical (unpaired) electrons. The van der Waals surface area contributed by atoms with Crippen LogP contribution in [0.5, 0.6) is 0 Å². The molecule has 6 heteroatoms. The highest BCUT2D eigenvalue weighted by molar-refractivity contribution is 5.49. The number of aryl methyl sites for hydroxylation is 1. The Morgan fingerprint density at radius 3 is 1.81 bits per heavy atom. The molecular weight excluding hydrogens is 450 g/mol. The first-order valence-corrected chi connectivity index (χ1v) is 12.4. The number of rotatable bonds is 6. The van der Waals surface area contributed by atoms with Crippen LogP contribution in [0.3, 0.4) is 0 Å². The number of nitrogens with one attached hydrogen (secondary N) is 1. The lowest BCUT2D eigenvalue weighted by Gasteiger charge is -2.50. The third-order valence-electron chi connectivity index (χ3n) is 7.36. The van der Waals surface area contributed by atoms with Gasteiger partial charge in [0.05, 0.1) is 11.6 Å². The van der Waals surface area contributed by atoms with Crippen molar-refractivity contribution in [1.82, 2.24) is 14.5 Å². The highest BCUT2D eigenvalue weighted by Crippen LogP contribution is 2.45. The highest BCUT2D eigenvalue weighted by atomic mass is 16.3. The second kappa shape index (κ2) is 10.1. The number of nitrogens with zero attached hydrogens (tertiary/aromatic N) is 2. The van der Waals surface area contributed by atoms with E-state index in [1.807, 2.05) is 18.2 Å². The van der Waals surface area contributed by atoms with Gasteiger partial charge in [-0.2, -0.15) is 0 Å². The third kappa shape index (κ3) is 4.23. The van der Waals surface area contributed by atoms with Crippen LogP contribution in [0.2, 0.25) is 0 Å². The van der Waals surface area contributed by atoms with Gasteiger partial charge in [-0.3, -0.25) is 19.2 Å². The average Bonchev–Trinajstić information content (AvgIpc) is 2.93. The van der Waals surface area contributed by atoms with Crippen LogP contribution in [-0.4, -0.2) is 39.3 Å². The molecule has 5 rings (SSSR count). The van der Waals surface area contributed by atoms with Crippen molar-refractivity contribution in [2.75, 3.05) is 19.7 Å². The Bertz CT molecular complexity index is 1320. The number of hydrogen-bond donors (Lipinski definition) is 2. The Balaban J connectivity index is 1.74. The third-order valence-corrected chi connectivity index (χ3v) is 7.36. The van der Waals surface area contributed by atoms with Crippen molar-refractivity contribution in [3.63, 3.8) is 0 Å². The van der Waals surface area contributed by atoms with E-state index < -0.39 is 11.2 Å². The van der Waals surface area contributed by atoms with Crippen LogP contribution >= 0.6 is 0 Å². The van der Waals surface area contributed by atoms with Gasteiger partial charge in [-0.25, -0.2) is 4.79 Å². The Hall–Kier alpha value is -3.74. The Morgan fingerprint density at radius 2 is 1.33 bits per heavy atom. The first-order chi connectivity index (χ1) is 17.5. The second-order valence-corrected chi connectivity index (χ2v) is 9.63. The number of aliphatic hydroxyl groups excluding tert-OH is 1. The molecule has 1 aromatic heterocycles. The quantitative estimate of drug-likeness (QED) is 0.412. The number of likely N-dealkylation sites (tertiary alicyclic amines) is 1. The maximum Gasteiger partial charge on any atom is 0.328 e. The number of aromatic amines is 1. The van der Waals surface area contributed by atoms with Gasteiger partial charge in [-0.05, 0) is 36.0 Å². The largest absolute Gasteiger partial charge is 0.396 e. The summed E-state index contributed by atoms with van der Waals surface area (Å²) in [5.74, 6) is -0.0432. The number of hydrogen-bond acceptors (Lipinski definition) is 4. The smallest absolute Gasteiger partial charge is 0.328 e. The van der Waals surface area contributed by atoms with E-state index in [-0.39, 0.29) is 24.1 Å². The molecule has 0 aliphatic carbocycles. The maximum atomic E-state index is 12.9. The highest BCUT2D eigenvalue weighted by Gasteiger charge is 2.45. The second-order valence-electron chi connectivity index (χ2n) is 9.63. The summed E-state index contributed by atoms with van der Waals surface area (Å²) < 4.78 is 1.64. The summed E-state index contributed by atoms with van der Waals surface area (Å²) in [7, 11) is 0. The van der Waals surface area contributed by atoms with E-state index in [1.54, 1.807) is 17.7 Å². The topological polar surface area (TPSA) is 78.3 Å². The molecule has 2 unspecified atom stereocenters. The normalized spacial score (nSPS) is 18.7. The Morgan fingerprint density at radius 1 is 0.833 bits per heavy atom. The summed E-state index contributed by atoms with van der Waals surface area (Å²) in [5, 5.41) is 10.3. The maximum absolute atomic E-state index is 12.9. The predicted molar refractivity (Wildman–Crippen MR) is 141 cm³/mol. The van der Waals surface area contributed by atoms with Crippen molar-refractivity contribution in [2.24, 2.45) is 5.92 Å². The molecule has 0 amide bonds. The van der Waals surface area contributed by atoms with Crippen LogP contribution in [0.1, 0.15) is 34.7 Å². The Labute approximate surface area is 210 Å². The van der Waals surface area contributed by atoms with Crippen LogP contribution < -0.4 is 11.2 Å². The minimum Gasteiger partial charge on any atom is -0.396 e. The van der Waals surface area contributed by atoms with Gasteiger partial charge < -0.3 is 5.11 Å². The van der Waals surface area contributed by atoms with Crippen molar-refractivity contribution in [3.8, 4) is 0 Å². The number of piperidine rings is 1. The van der Waals surface area contributed by atoms with Crippen molar-refractivity contribution in [1.29, 1.82) is 0 Å². The van der Waals surface area contributed by atoms with Gasteiger partial charge in [0.1, 0.15) is 0 Å². The van der Waals surface area contributed by atoms with Crippen LogP contribution in [-0.2, 0) is 5.54 Å². The molecule has 1 fully saturated rings. The number of benzene rings is 3. The van der Waals surface area contributed by atoms with Crippen LogP contribution in [0, 0.1) is 12.8 Å². The Kier molecular flexibility index (Phi) is 6.72. The summed E-state index contributed by atoms with van der Waals surface area (Å²) >= 11 is 0. The number of aliphatic hydroxyl groups is 1. The fraction of sp³-hybridized carbons (Fsp3) is 0.267. The van der Waals surface area contributed by atoms with Gasteiger partial charge >= 0.3 is 5.69 Å². The van der Waals surface area contributed by atoms with E-state index in [0.717, 1.165) is 16.7 Å². The zero-order valence-corrected chi connectivity index (χ0v) is 20.4. The number of H-pyrrole nitrogens is 1. The van der Waals surface area contributed by atoms with E-state index in [1.165, 1.54) is 0 Å². The molecule has 0 saturated carbocycles. The first kappa shape index (κ1) is 24.0. The van der Waals surface area contributed by atoms with Gasteiger partial charge in [-0.1, -0.05) is 91.0 Å². The zero-order valence-electron chi connectivity index (χ0n) is 20.4. The molecule has 6 nitrogen and oxygen atoms in total. The summed E-state index contributed by atoms with van der Waals surface area (Å²) in [6.45, 7) is 2.95. The lowest BCUT2D eigenvalue weighted by molar-refractivity contribution is 0.0373. The molecule has 3 aromatic carbocycles. The minimum atomic E-state index is -0.642. The molecule has 4 aromatic rings. The molecular formula is C30H31N3O3. The predicted octanol–water partition coefficient (Wildman–Crippen LogP) is 3.69. The van der Waals surface area contributed by atoms with Crippen molar-refractivity contribution < 1.29 is 5.11 Å². The van der Waals surface area contributed by atoms with Gasteiger partial charge in [0.2, 0.25) is 0 Å². The minimum absolute atomic E-state index is 0.0124. The van der Waals surface area contributed by atoms with Gasteiger partial charge in [0.15, 0.2) is 0 Å². The average molecular weight is 482 g/mol. The summed E-state index contributed by atoms with van der Waals surface area (Å²) in [6, 6.07) is 31.0. The lowest BCUT2D eigenvalue weighted by Crippen LogP contribution is -2.56. The monoisotopic (exact) mass is 481 g/mol. The molecule has 0 spiro atoms. The van der Waals surface area contributed by atoms with E-state index in [4.69, 9.17) is 0 Å². The van der Waals surface area contributed by atoms with E-state index >= 15 is 0 Å². The molecule has 2 atom stereocenters. The molecule has 0 bridgehead atoms. The zero-order chi connectivity index (χ0) is 25.1. The fourth-order valence-corrected chi connectivity index (χ4v) is 5.73. The van der Waals surface area contributed by atoms with Gasteiger partial charge in [-0.15, -0.1) is 0 Å². The molecule has 36 heavy (non-hydrogen) atoms. The van der Waals surface area contributed by atoms with Crippen molar-refractivity contribution in [2.45, 2.75) is 24.9 Å². The SMILES string of the molecule is Cc1cn(C2CC(CO)CN(C(c3ccccc3)(c3ccccc3)c3ccccc3)C2)c(=O)[nH]c1=O. The van der Waals surface area contributed by atoms with Crippen LogP contribution in [0.4, 0.5) is 0 Å². The molecule has 1 aliphatic rings. The van der Waals surface area contributed by atoms with E-state index in [0.29, 0.717) is 25.1 Å². The van der Waals surface area contributed by atoms with Gasteiger partial charge in [0, 0.05) is 31.5 Å². The fourth-order valence-electron chi connectivity index (χ4n) is 5.73. The van der Waals surface area contributed by atoms with E-state index in [9.17, 15) is 14.7 Å².